The van der Waals surface area contributed by atoms with Gasteiger partial charge in [0.2, 0.25) is 0 Å². The summed E-state index contributed by atoms with van der Waals surface area (Å²) in [7, 11) is 0. The molecule has 0 spiro atoms. The van der Waals surface area contributed by atoms with E-state index in [4.69, 9.17) is 52.0 Å². The molecule has 2 aliphatic rings. The lowest BCUT2D eigenvalue weighted by atomic mass is 10.0. The molecule has 0 bridgehead atoms. The summed E-state index contributed by atoms with van der Waals surface area (Å²) in [5.74, 6) is -0.242. The van der Waals surface area contributed by atoms with Crippen molar-refractivity contribution < 1.29 is 51.4 Å². The van der Waals surface area contributed by atoms with Gasteiger partial charge in [-0.15, -0.1) is 0 Å². The number of hydrogen-bond acceptors (Lipinski definition) is 13. The zero-order valence-electron chi connectivity index (χ0n) is 32.2. The van der Waals surface area contributed by atoms with Crippen molar-refractivity contribution >= 4 is 33.7 Å². The van der Waals surface area contributed by atoms with Gasteiger partial charge in [-0.2, -0.15) is 4.98 Å². The Hall–Kier alpha value is -3.38. The van der Waals surface area contributed by atoms with Crippen molar-refractivity contribution in [3.63, 3.8) is 0 Å². The molecule has 0 amide bonds. The van der Waals surface area contributed by atoms with Gasteiger partial charge in [0.25, 0.3) is 6.01 Å². The summed E-state index contributed by atoms with van der Waals surface area (Å²) < 4.78 is 72.5. The van der Waals surface area contributed by atoms with Gasteiger partial charge in [0.05, 0.1) is 118 Å². The number of morpholine rings is 1. The number of aromatic nitrogens is 2. The molecule has 0 atom stereocenters. The highest BCUT2D eigenvalue weighted by atomic mass is 19.1. The van der Waals surface area contributed by atoms with Crippen molar-refractivity contribution in [2.75, 3.05) is 148 Å². The lowest BCUT2D eigenvalue weighted by molar-refractivity contribution is -0.0229. The maximum atomic E-state index is 14.5. The van der Waals surface area contributed by atoms with Crippen LogP contribution >= 0.6 is 0 Å². The molecule has 0 aliphatic carbocycles. The molecular weight excluding hydrogens is 715 g/mol. The van der Waals surface area contributed by atoms with Crippen molar-refractivity contribution in [2.24, 2.45) is 0 Å². The summed E-state index contributed by atoms with van der Waals surface area (Å²) >= 11 is 0. The smallest absolute Gasteiger partial charge is 0.298 e. The van der Waals surface area contributed by atoms with Crippen LogP contribution in [0.2, 0.25) is 0 Å². The minimum Gasteiger partial charge on any atom is -0.423 e. The fraction of sp³-hybridized carbons (Fsp3) is 0.625. The first-order valence-electron chi connectivity index (χ1n) is 19.6. The minimum absolute atomic E-state index is 0.242. The minimum atomic E-state index is -0.242. The summed E-state index contributed by atoms with van der Waals surface area (Å²) in [4.78, 5) is 9.28. The van der Waals surface area contributed by atoms with Crippen molar-refractivity contribution in [1.29, 1.82) is 0 Å². The molecule has 0 unspecified atom stereocenters. The van der Waals surface area contributed by atoms with Crippen LogP contribution in [0, 0.1) is 5.82 Å². The molecule has 0 N–H and O–H groups in total. The van der Waals surface area contributed by atoms with Crippen LogP contribution in [0.5, 0.6) is 0 Å². The second-order valence-corrected chi connectivity index (χ2v) is 13.1. The van der Waals surface area contributed by atoms with Gasteiger partial charge in [0.15, 0.2) is 5.58 Å². The molecule has 4 aromatic rings. The van der Waals surface area contributed by atoms with E-state index in [1.54, 1.807) is 12.1 Å². The van der Waals surface area contributed by atoms with Crippen LogP contribution in [0.25, 0.3) is 22.0 Å². The van der Waals surface area contributed by atoms with E-state index in [1.165, 1.54) is 11.3 Å². The lowest BCUT2D eigenvalue weighted by Crippen LogP contribution is -2.36. The number of benzene rings is 2. The predicted molar refractivity (Wildman–Crippen MR) is 206 cm³/mol. The molecule has 2 aliphatic heterocycles. The molecule has 304 valence electrons. The third-order valence-electron chi connectivity index (χ3n) is 9.49. The molecule has 0 saturated carbocycles. The van der Waals surface area contributed by atoms with Crippen molar-refractivity contribution in [3.05, 3.63) is 53.5 Å². The molecule has 6 rings (SSSR count). The highest BCUT2D eigenvalue weighted by molar-refractivity contribution is 5.87. The van der Waals surface area contributed by atoms with Gasteiger partial charge in [-0.3, -0.25) is 0 Å². The van der Waals surface area contributed by atoms with Gasteiger partial charge < -0.3 is 61.4 Å². The molecule has 2 aromatic heterocycles. The van der Waals surface area contributed by atoms with E-state index in [0.29, 0.717) is 131 Å². The van der Waals surface area contributed by atoms with E-state index in [0.717, 1.165) is 60.3 Å². The van der Waals surface area contributed by atoms with Crippen LogP contribution in [-0.4, -0.2) is 148 Å². The number of anilines is 2. The number of halogens is 1. The lowest BCUT2D eigenvalue weighted by Gasteiger charge is -2.30. The van der Waals surface area contributed by atoms with Crippen molar-refractivity contribution in [2.45, 2.75) is 26.4 Å². The fourth-order valence-electron chi connectivity index (χ4n) is 6.73. The summed E-state index contributed by atoms with van der Waals surface area (Å²) in [6.07, 6.45) is 0.839. The number of fused-ring (bicyclic) bond motifs is 4. The van der Waals surface area contributed by atoms with Gasteiger partial charge in [-0.05, 0) is 43.3 Å². The monoisotopic (exact) mass is 772 g/mol. The van der Waals surface area contributed by atoms with E-state index in [9.17, 15) is 4.39 Å². The molecule has 4 heterocycles. The first-order chi connectivity index (χ1) is 27.2. The van der Waals surface area contributed by atoms with E-state index in [1.807, 2.05) is 19.1 Å². The quantitative estimate of drug-likeness (QED) is 0.0794. The Morgan fingerprint density at radius 1 is 0.655 bits per heavy atom. The summed E-state index contributed by atoms with van der Waals surface area (Å²) in [6, 6.07) is 11.9. The third kappa shape index (κ3) is 12.6. The van der Waals surface area contributed by atoms with Crippen molar-refractivity contribution in [1.82, 2.24) is 9.55 Å². The summed E-state index contributed by atoms with van der Waals surface area (Å²) in [6.45, 7) is 15.5. The third-order valence-corrected chi connectivity index (χ3v) is 9.49. The zero-order chi connectivity index (χ0) is 37.9. The Kier molecular flexibility index (Phi) is 17.3. The molecule has 0 radical (unpaired) electrons. The molecule has 2 aromatic carbocycles. The van der Waals surface area contributed by atoms with Gasteiger partial charge in [-0.1, -0.05) is 0 Å². The average molecular weight is 773 g/mol. The van der Waals surface area contributed by atoms with E-state index >= 15 is 0 Å². The normalized spacial score (nSPS) is 14.8. The molecule has 15 heteroatoms. The second kappa shape index (κ2) is 23.0. The standard InChI is InChI=1S/C40H57FN4O10/c1-2-46-15-16-49-19-20-51-23-24-53-27-28-54-26-25-52-22-21-50-18-17-48-14-11-45-37-7-8-44(31-35(37)34-5-3-32(41)29-38(34)45)33-4-6-39-36(30-33)42-40(55-39)43-9-12-47-13-10-43/h3-6,29-30H,2,7-28,31H2,1H3. The van der Waals surface area contributed by atoms with Crippen molar-refractivity contribution in [3.8, 4) is 0 Å². The largest absolute Gasteiger partial charge is 0.423 e. The second-order valence-electron chi connectivity index (χ2n) is 13.1. The highest BCUT2D eigenvalue weighted by Gasteiger charge is 2.25. The predicted octanol–water partition coefficient (Wildman–Crippen LogP) is 4.47. The first kappa shape index (κ1) is 41.3. The van der Waals surface area contributed by atoms with Crippen LogP contribution < -0.4 is 9.80 Å². The number of oxazole rings is 1. The zero-order valence-corrected chi connectivity index (χ0v) is 32.2. The van der Waals surface area contributed by atoms with E-state index < -0.39 is 0 Å². The Morgan fingerprint density at radius 3 is 1.84 bits per heavy atom. The van der Waals surface area contributed by atoms with Crippen LogP contribution in [0.15, 0.2) is 40.8 Å². The van der Waals surface area contributed by atoms with Gasteiger partial charge >= 0.3 is 0 Å². The number of hydrogen-bond donors (Lipinski definition) is 0. The first-order valence-corrected chi connectivity index (χ1v) is 19.6. The van der Waals surface area contributed by atoms with Crippen LogP contribution in [0.4, 0.5) is 16.1 Å². The molecule has 55 heavy (non-hydrogen) atoms. The number of rotatable bonds is 27. The molecular formula is C40H57FN4O10. The summed E-state index contributed by atoms with van der Waals surface area (Å²) in [5.41, 5.74) is 6.08. The van der Waals surface area contributed by atoms with Gasteiger partial charge in [0, 0.05) is 68.1 Å². The van der Waals surface area contributed by atoms with Gasteiger partial charge in [-0.25, -0.2) is 4.39 Å². The van der Waals surface area contributed by atoms with Crippen LogP contribution in [0.1, 0.15) is 18.2 Å². The Bertz CT molecular complexity index is 1700. The molecule has 1 fully saturated rings. The summed E-state index contributed by atoms with van der Waals surface area (Å²) in [5, 5.41) is 1.08. The van der Waals surface area contributed by atoms with Crippen LogP contribution in [0.3, 0.4) is 0 Å². The Balaban J connectivity index is 0.826. The topological polar surface area (TPSA) is 121 Å². The molecule has 1 saturated heterocycles. The van der Waals surface area contributed by atoms with E-state index in [2.05, 4.69) is 26.5 Å². The number of ether oxygens (including phenoxy) is 9. The molecule has 14 nitrogen and oxygen atoms in total. The SMILES string of the molecule is CCOCCOCCOCCOCCOCCOCCOCCOCCn1c2c(c3ccc(F)cc31)CN(c1ccc3oc(N4CCOCC4)nc3c1)CC2. The highest BCUT2D eigenvalue weighted by Crippen LogP contribution is 2.35. The Morgan fingerprint density at radius 2 is 1.24 bits per heavy atom. The Labute approximate surface area is 322 Å². The maximum absolute atomic E-state index is 14.5. The van der Waals surface area contributed by atoms with Crippen LogP contribution in [-0.2, 0) is 62.1 Å². The maximum Gasteiger partial charge on any atom is 0.298 e. The van der Waals surface area contributed by atoms with E-state index in [-0.39, 0.29) is 5.82 Å². The average Bonchev–Trinajstić information content (AvgIpc) is 3.78. The van der Waals surface area contributed by atoms with Gasteiger partial charge in [0.1, 0.15) is 11.3 Å². The number of nitrogens with zero attached hydrogens (tertiary/aromatic N) is 4. The fourth-order valence-corrected chi connectivity index (χ4v) is 6.73.